The molecule has 0 amide bonds. The first kappa shape index (κ1) is 9.22. The van der Waals surface area contributed by atoms with E-state index in [9.17, 15) is 13.6 Å². The Balaban J connectivity index is 2.96. The van der Waals surface area contributed by atoms with Gasteiger partial charge >= 0.3 is 0 Å². The zero-order valence-electron chi connectivity index (χ0n) is 6.55. The second-order valence-corrected chi connectivity index (χ2v) is 5.03. The molecule has 0 unspecified atom stereocenters. The van der Waals surface area contributed by atoms with Crippen molar-refractivity contribution in [3.05, 3.63) is 23.4 Å². The van der Waals surface area contributed by atoms with E-state index in [-0.39, 0.29) is 20.8 Å². The third kappa shape index (κ3) is 1.30. The van der Waals surface area contributed by atoms with Gasteiger partial charge in [-0.2, -0.15) is 0 Å². The maximum atomic E-state index is 11.0. The molecule has 0 fully saturated rings. The highest BCUT2D eigenvalue weighted by atomic mass is 35.7. The van der Waals surface area contributed by atoms with Crippen LogP contribution in [0.25, 0.3) is 11.0 Å². The smallest absolute Gasteiger partial charge is 0.265 e. The lowest BCUT2D eigenvalue weighted by atomic mass is 10.3. The maximum absolute atomic E-state index is 11.0. The van der Waals surface area contributed by atoms with Crippen molar-refractivity contribution in [1.29, 1.82) is 0 Å². The largest absolute Gasteiger partial charge is 0.359 e. The molecule has 0 atom stereocenters. The van der Waals surface area contributed by atoms with Crippen LogP contribution in [-0.2, 0) is 9.05 Å². The van der Waals surface area contributed by atoms with Gasteiger partial charge in [0.15, 0.2) is 0 Å². The first-order valence-corrected chi connectivity index (χ1v) is 5.74. The first-order valence-electron chi connectivity index (χ1n) is 3.43. The molecule has 74 valence electrons. The third-order valence-electron chi connectivity index (χ3n) is 1.64. The van der Waals surface area contributed by atoms with E-state index in [1.54, 1.807) is 0 Å². The summed E-state index contributed by atoms with van der Waals surface area (Å²) in [7, 11) is 1.15. The van der Waals surface area contributed by atoms with E-state index in [0.717, 1.165) is 0 Å². The second kappa shape index (κ2) is 2.82. The van der Waals surface area contributed by atoms with E-state index in [1.807, 2.05) is 0 Å². The van der Waals surface area contributed by atoms with Gasteiger partial charge in [0.25, 0.3) is 9.05 Å². The SMILES string of the molecule is O=S(=O)(Cl)c1cccc2no[n+]([O-])c12. The summed E-state index contributed by atoms with van der Waals surface area (Å²) in [5.41, 5.74) is -0.0516. The fraction of sp³-hybridized carbons (Fsp3) is 0. The molecule has 1 aromatic carbocycles. The van der Waals surface area contributed by atoms with Gasteiger partial charge in [-0.3, -0.25) is 4.63 Å². The lowest BCUT2D eigenvalue weighted by molar-refractivity contribution is -0.783. The molecule has 0 N–H and O–H groups in total. The molecule has 0 saturated heterocycles. The van der Waals surface area contributed by atoms with Crippen LogP contribution < -0.4 is 4.90 Å². The van der Waals surface area contributed by atoms with Crippen molar-refractivity contribution in [3.63, 3.8) is 0 Å². The van der Waals surface area contributed by atoms with Crippen molar-refractivity contribution in [3.8, 4) is 0 Å². The minimum atomic E-state index is -3.97. The number of fused-ring (bicyclic) bond motifs is 1. The number of hydrogen-bond donors (Lipinski definition) is 0. The molecule has 0 aliphatic heterocycles. The monoisotopic (exact) mass is 234 g/mol. The third-order valence-corrected chi connectivity index (χ3v) is 2.99. The van der Waals surface area contributed by atoms with Crippen molar-refractivity contribution in [2.45, 2.75) is 4.90 Å². The van der Waals surface area contributed by atoms with Gasteiger partial charge in [0.2, 0.25) is 11.0 Å². The number of rotatable bonds is 1. The highest BCUT2D eigenvalue weighted by molar-refractivity contribution is 8.13. The molecule has 0 saturated carbocycles. The molecule has 0 aliphatic rings. The summed E-state index contributed by atoms with van der Waals surface area (Å²) in [6.45, 7) is 0. The summed E-state index contributed by atoms with van der Waals surface area (Å²) in [5, 5.41) is 14.4. The van der Waals surface area contributed by atoms with E-state index >= 15 is 0 Å². The molecular weight excluding hydrogens is 232 g/mol. The number of aromatic nitrogens is 2. The number of nitrogens with zero attached hydrogens (tertiary/aromatic N) is 2. The van der Waals surface area contributed by atoms with Crippen molar-refractivity contribution in [2.24, 2.45) is 0 Å². The van der Waals surface area contributed by atoms with E-state index in [4.69, 9.17) is 10.7 Å². The van der Waals surface area contributed by atoms with E-state index in [0.29, 0.717) is 0 Å². The van der Waals surface area contributed by atoms with Crippen LogP contribution in [-0.4, -0.2) is 13.6 Å². The predicted octanol–water partition coefficient (Wildman–Crippen LogP) is 0.389. The molecule has 0 bridgehead atoms. The number of hydrogen-bond acceptors (Lipinski definition) is 5. The van der Waals surface area contributed by atoms with Crippen molar-refractivity contribution in [1.82, 2.24) is 5.16 Å². The summed E-state index contributed by atoms with van der Waals surface area (Å²) >= 11 is 0. The molecule has 2 rings (SSSR count). The molecule has 14 heavy (non-hydrogen) atoms. The summed E-state index contributed by atoms with van der Waals surface area (Å²) in [5.74, 6) is 0. The molecule has 1 heterocycles. The van der Waals surface area contributed by atoms with Gasteiger partial charge in [-0.05, 0) is 17.0 Å². The Morgan fingerprint density at radius 1 is 1.50 bits per heavy atom. The summed E-state index contributed by atoms with van der Waals surface area (Å²) in [4.78, 5) is -0.308. The summed E-state index contributed by atoms with van der Waals surface area (Å²) < 4.78 is 26.3. The average Bonchev–Trinajstić information content (AvgIpc) is 2.46. The average molecular weight is 235 g/mol. The van der Waals surface area contributed by atoms with Gasteiger partial charge in [-0.15, -0.1) is 0 Å². The summed E-state index contributed by atoms with van der Waals surface area (Å²) in [6.07, 6.45) is 0. The van der Waals surface area contributed by atoms with Gasteiger partial charge in [-0.25, -0.2) is 8.42 Å². The Hall–Kier alpha value is -1.34. The molecule has 1 aromatic heterocycles. The van der Waals surface area contributed by atoms with Gasteiger partial charge < -0.3 is 5.21 Å². The zero-order valence-corrected chi connectivity index (χ0v) is 8.12. The Labute approximate surface area is 82.6 Å². The van der Waals surface area contributed by atoms with Crippen LogP contribution in [0.3, 0.4) is 0 Å². The van der Waals surface area contributed by atoms with E-state index in [2.05, 4.69) is 9.79 Å². The highest BCUT2D eigenvalue weighted by Crippen LogP contribution is 2.21. The van der Waals surface area contributed by atoms with Gasteiger partial charge in [0, 0.05) is 15.8 Å². The number of halogens is 1. The van der Waals surface area contributed by atoms with Gasteiger partial charge in [0.05, 0.1) is 0 Å². The molecule has 8 heteroatoms. The Kier molecular flexibility index (Phi) is 1.86. The first-order chi connectivity index (χ1) is 6.50. The highest BCUT2D eigenvalue weighted by Gasteiger charge is 2.22. The van der Waals surface area contributed by atoms with Crippen molar-refractivity contribution < 1.29 is 17.9 Å². The fourth-order valence-electron chi connectivity index (χ4n) is 1.09. The predicted molar refractivity (Wildman–Crippen MR) is 46.0 cm³/mol. The molecule has 2 aromatic rings. The van der Waals surface area contributed by atoms with Crippen LogP contribution in [0.15, 0.2) is 27.7 Å². The Morgan fingerprint density at radius 3 is 2.86 bits per heavy atom. The van der Waals surface area contributed by atoms with Crippen LogP contribution in [0.1, 0.15) is 0 Å². The molecule has 6 nitrogen and oxygen atoms in total. The van der Waals surface area contributed by atoms with E-state index in [1.165, 1.54) is 18.2 Å². The van der Waals surface area contributed by atoms with Crippen LogP contribution in [0, 0.1) is 5.21 Å². The van der Waals surface area contributed by atoms with Crippen LogP contribution in [0.2, 0.25) is 0 Å². The molecular formula is C6H3ClN2O4S. The molecule has 0 spiro atoms. The number of para-hydroxylation sites is 1. The lowest BCUT2D eigenvalue weighted by Crippen LogP contribution is -2.24. The zero-order chi connectivity index (χ0) is 10.3. The van der Waals surface area contributed by atoms with E-state index < -0.39 is 9.05 Å². The van der Waals surface area contributed by atoms with Gasteiger partial charge in [0.1, 0.15) is 4.90 Å². The normalized spacial score (nSPS) is 12.1. The minimum absolute atomic E-state index is 0.00456. The quantitative estimate of drug-likeness (QED) is 0.526. The molecule has 0 aliphatic carbocycles. The van der Waals surface area contributed by atoms with Crippen molar-refractivity contribution >= 4 is 30.8 Å². The van der Waals surface area contributed by atoms with Crippen molar-refractivity contribution in [2.75, 3.05) is 0 Å². The topological polar surface area (TPSA) is 87.1 Å². The van der Waals surface area contributed by atoms with Crippen LogP contribution in [0.5, 0.6) is 0 Å². The lowest BCUT2D eigenvalue weighted by Gasteiger charge is -1.94. The van der Waals surface area contributed by atoms with Gasteiger partial charge in [-0.1, -0.05) is 6.07 Å². The second-order valence-electron chi connectivity index (χ2n) is 2.49. The van der Waals surface area contributed by atoms with Crippen LogP contribution in [0.4, 0.5) is 0 Å². The Morgan fingerprint density at radius 2 is 2.21 bits per heavy atom. The minimum Gasteiger partial charge on any atom is -0.359 e. The standard InChI is InChI=1S/C6H3ClN2O4S/c7-14(11,12)5-3-1-2-4-6(5)9(10)13-8-4/h1-3H. The Bertz CT molecular complexity index is 591. The van der Waals surface area contributed by atoms with Crippen LogP contribution >= 0.6 is 10.7 Å². The molecule has 0 radical (unpaired) electrons. The maximum Gasteiger partial charge on any atom is 0.265 e. The fourth-order valence-corrected chi connectivity index (χ4v) is 2.11. The number of benzene rings is 1. The summed E-state index contributed by atoms with van der Waals surface area (Å²) in [6, 6.07) is 4.06.